The van der Waals surface area contributed by atoms with Gasteiger partial charge < -0.3 is 14.5 Å². The van der Waals surface area contributed by atoms with Crippen molar-refractivity contribution in [1.29, 1.82) is 5.26 Å². The van der Waals surface area contributed by atoms with Crippen molar-refractivity contribution < 1.29 is 14.3 Å². The number of nitriles is 1. The van der Waals surface area contributed by atoms with Gasteiger partial charge in [0.2, 0.25) is 5.78 Å². The summed E-state index contributed by atoms with van der Waals surface area (Å²) in [6.45, 7) is 0. The second-order valence-corrected chi connectivity index (χ2v) is 6.91. The third-order valence-electron chi connectivity index (χ3n) is 4.06. The summed E-state index contributed by atoms with van der Waals surface area (Å²) < 4.78 is 11.2. The molecule has 0 bridgehead atoms. The van der Waals surface area contributed by atoms with Crippen molar-refractivity contribution in [1.82, 2.24) is 4.98 Å². The summed E-state index contributed by atoms with van der Waals surface area (Å²) in [7, 11) is 3.06. The van der Waals surface area contributed by atoms with E-state index in [1.807, 2.05) is 6.07 Å². The minimum absolute atomic E-state index is 0.00114. The first-order valence-corrected chi connectivity index (χ1v) is 9.00. The molecule has 7 heteroatoms. The number of halogens is 2. The lowest BCUT2D eigenvalue weighted by molar-refractivity contribution is 0.104. The molecule has 0 fully saturated rings. The van der Waals surface area contributed by atoms with E-state index in [-0.39, 0.29) is 11.4 Å². The van der Waals surface area contributed by atoms with Crippen molar-refractivity contribution in [2.75, 3.05) is 14.2 Å². The van der Waals surface area contributed by atoms with Crippen molar-refractivity contribution in [3.63, 3.8) is 0 Å². The SMILES string of the molecule is COc1cc(Br)c(/C=C(\C#N)C(=O)c2c[nH]c3cc(Cl)ccc23)cc1OC. The summed E-state index contributed by atoms with van der Waals surface area (Å²) >= 11 is 9.41. The Hall–Kier alpha value is -2.75. The maximum atomic E-state index is 12.9. The molecule has 0 radical (unpaired) electrons. The van der Waals surface area contributed by atoms with Gasteiger partial charge in [0.05, 0.1) is 14.2 Å². The van der Waals surface area contributed by atoms with E-state index in [0.717, 1.165) is 5.52 Å². The third-order valence-corrected chi connectivity index (χ3v) is 4.98. The lowest BCUT2D eigenvalue weighted by atomic mass is 10.0. The Kier molecular flexibility index (Phi) is 5.54. The first-order valence-electron chi connectivity index (χ1n) is 7.83. The number of carbonyl (C=O) groups excluding carboxylic acids is 1. The normalized spacial score (nSPS) is 11.3. The van der Waals surface area contributed by atoms with Gasteiger partial charge in [0.15, 0.2) is 11.5 Å². The lowest BCUT2D eigenvalue weighted by Gasteiger charge is -2.10. The van der Waals surface area contributed by atoms with E-state index in [9.17, 15) is 10.1 Å². The van der Waals surface area contributed by atoms with Crippen LogP contribution in [0.15, 0.2) is 46.6 Å². The number of H-pyrrole nitrogens is 1. The molecule has 1 aromatic heterocycles. The third kappa shape index (κ3) is 3.70. The van der Waals surface area contributed by atoms with Gasteiger partial charge >= 0.3 is 0 Å². The number of allylic oxidation sites excluding steroid dienone is 1. The summed E-state index contributed by atoms with van der Waals surface area (Å²) in [6.07, 6.45) is 3.10. The summed E-state index contributed by atoms with van der Waals surface area (Å²) in [6, 6.07) is 10.6. The number of methoxy groups -OCH3 is 2. The van der Waals surface area contributed by atoms with E-state index < -0.39 is 0 Å². The molecule has 3 aromatic rings. The van der Waals surface area contributed by atoms with Crippen LogP contribution >= 0.6 is 27.5 Å². The molecule has 136 valence electrons. The van der Waals surface area contributed by atoms with Crippen molar-refractivity contribution in [3.05, 3.63) is 62.7 Å². The first kappa shape index (κ1) is 19.0. The molecule has 0 aliphatic carbocycles. The number of fused-ring (bicyclic) bond motifs is 1. The van der Waals surface area contributed by atoms with Gasteiger partial charge in [-0.2, -0.15) is 5.26 Å². The predicted molar refractivity (Wildman–Crippen MR) is 108 cm³/mol. The zero-order valence-corrected chi connectivity index (χ0v) is 16.8. The second kappa shape index (κ2) is 7.87. The van der Waals surface area contributed by atoms with Crippen LogP contribution in [0.5, 0.6) is 11.5 Å². The molecule has 0 unspecified atom stereocenters. The number of benzene rings is 2. The fraction of sp³-hybridized carbons (Fsp3) is 0.100. The highest BCUT2D eigenvalue weighted by atomic mass is 79.9. The molecule has 27 heavy (non-hydrogen) atoms. The first-order chi connectivity index (χ1) is 13.0. The van der Waals surface area contributed by atoms with Crippen LogP contribution < -0.4 is 9.47 Å². The highest BCUT2D eigenvalue weighted by Crippen LogP contribution is 2.34. The molecule has 1 N–H and O–H groups in total. The number of aromatic nitrogens is 1. The average molecular weight is 446 g/mol. The summed E-state index contributed by atoms with van der Waals surface area (Å²) in [5.41, 5.74) is 1.76. The van der Waals surface area contributed by atoms with Crippen LogP contribution in [0.1, 0.15) is 15.9 Å². The van der Waals surface area contributed by atoms with E-state index in [2.05, 4.69) is 20.9 Å². The fourth-order valence-electron chi connectivity index (χ4n) is 2.72. The van der Waals surface area contributed by atoms with Crippen LogP contribution in [0.3, 0.4) is 0 Å². The fourth-order valence-corrected chi connectivity index (χ4v) is 3.32. The second-order valence-electron chi connectivity index (χ2n) is 5.62. The van der Waals surface area contributed by atoms with E-state index in [0.29, 0.717) is 37.5 Å². The Morgan fingerprint density at radius 3 is 2.59 bits per heavy atom. The highest BCUT2D eigenvalue weighted by molar-refractivity contribution is 9.10. The number of hydrogen-bond acceptors (Lipinski definition) is 4. The van der Waals surface area contributed by atoms with Gasteiger partial charge in [0.1, 0.15) is 11.6 Å². The molecular formula is C20H14BrClN2O3. The summed E-state index contributed by atoms with van der Waals surface area (Å²) in [5, 5.41) is 10.8. The van der Waals surface area contributed by atoms with Crippen LogP contribution in [0, 0.1) is 11.3 Å². The minimum Gasteiger partial charge on any atom is -0.493 e. The van der Waals surface area contributed by atoms with Gasteiger partial charge in [-0.25, -0.2) is 0 Å². The smallest absolute Gasteiger partial charge is 0.205 e. The van der Waals surface area contributed by atoms with E-state index in [1.54, 1.807) is 36.5 Å². The number of ether oxygens (including phenoxy) is 2. The lowest BCUT2D eigenvalue weighted by Crippen LogP contribution is -2.01. The van der Waals surface area contributed by atoms with Crippen LogP contribution in [0.2, 0.25) is 5.02 Å². The maximum Gasteiger partial charge on any atom is 0.205 e. The zero-order chi connectivity index (χ0) is 19.6. The maximum absolute atomic E-state index is 12.9. The number of rotatable bonds is 5. The molecule has 5 nitrogen and oxygen atoms in total. The number of hydrogen-bond donors (Lipinski definition) is 1. The summed E-state index contributed by atoms with van der Waals surface area (Å²) in [4.78, 5) is 15.9. The van der Waals surface area contributed by atoms with Crippen LogP contribution in [0.4, 0.5) is 0 Å². The number of nitrogens with zero attached hydrogens (tertiary/aromatic N) is 1. The molecule has 0 saturated carbocycles. The predicted octanol–water partition coefficient (Wildman–Crippen LogP) is 5.39. The largest absolute Gasteiger partial charge is 0.493 e. The highest BCUT2D eigenvalue weighted by Gasteiger charge is 2.18. The van der Waals surface area contributed by atoms with Gasteiger partial charge in [-0.1, -0.05) is 33.6 Å². The Morgan fingerprint density at radius 1 is 1.22 bits per heavy atom. The molecule has 0 saturated heterocycles. The standard InChI is InChI=1S/C20H14BrClN2O3/c1-26-18-6-11(16(21)8-19(18)27-2)5-12(9-23)20(25)15-10-24-17-7-13(22)3-4-14(15)17/h3-8,10,24H,1-2H3/b12-5+. The van der Waals surface area contributed by atoms with Crippen molar-refractivity contribution in [3.8, 4) is 17.6 Å². The molecular weight excluding hydrogens is 432 g/mol. The number of Topliss-reactive ketones (excluding diaryl/α,β-unsaturated/α-hetero) is 1. The minimum atomic E-state index is -0.382. The molecule has 0 spiro atoms. The van der Waals surface area contributed by atoms with Crippen LogP contribution in [-0.4, -0.2) is 25.0 Å². The van der Waals surface area contributed by atoms with Crippen molar-refractivity contribution >= 4 is 50.3 Å². The van der Waals surface area contributed by atoms with Crippen molar-refractivity contribution in [2.45, 2.75) is 0 Å². The van der Waals surface area contributed by atoms with Gasteiger partial charge in [-0.15, -0.1) is 0 Å². The number of aromatic amines is 1. The molecule has 1 heterocycles. The zero-order valence-electron chi connectivity index (χ0n) is 14.5. The molecule has 3 rings (SSSR count). The van der Waals surface area contributed by atoms with Gasteiger partial charge in [-0.05, 0) is 35.9 Å². The molecule has 0 amide bonds. The molecule has 0 atom stereocenters. The van der Waals surface area contributed by atoms with Crippen LogP contribution in [0.25, 0.3) is 17.0 Å². The Balaban J connectivity index is 2.06. The number of carbonyl (C=O) groups is 1. The van der Waals surface area contributed by atoms with E-state index in [4.69, 9.17) is 21.1 Å². The average Bonchev–Trinajstić information content (AvgIpc) is 3.09. The van der Waals surface area contributed by atoms with E-state index in [1.165, 1.54) is 20.3 Å². The Bertz CT molecular complexity index is 1110. The monoisotopic (exact) mass is 444 g/mol. The van der Waals surface area contributed by atoms with Gasteiger partial charge in [-0.3, -0.25) is 4.79 Å². The molecule has 2 aromatic carbocycles. The van der Waals surface area contributed by atoms with Crippen molar-refractivity contribution in [2.24, 2.45) is 0 Å². The van der Waals surface area contributed by atoms with Gasteiger partial charge in [0, 0.05) is 32.2 Å². The topological polar surface area (TPSA) is 75.1 Å². The molecule has 0 aliphatic heterocycles. The van der Waals surface area contributed by atoms with E-state index >= 15 is 0 Å². The van der Waals surface area contributed by atoms with Crippen LogP contribution in [-0.2, 0) is 0 Å². The quantitative estimate of drug-likeness (QED) is 0.324. The van der Waals surface area contributed by atoms with Gasteiger partial charge in [0.25, 0.3) is 0 Å². The Morgan fingerprint density at radius 2 is 1.93 bits per heavy atom. The number of nitrogens with one attached hydrogen (secondary N) is 1. The summed E-state index contributed by atoms with van der Waals surface area (Å²) in [5.74, 6) is 0.658. The Labute approximate surface area is 169 Å². The molecule has 0 aliphatic rings. The number of ketones is 1.